The van der Waals surface area contributed by atoms with Gasteiger partial charge in [0, 0.05) is 12.8 Å². The third-order valence-electron chi connectivity index (χ3n) is 8.27. The van der Waals surface area contributed by atoms with Gasteiger partial charge in [-0.25, -0.2) is 0 Å². The van der Waals surface area contributed by atoms with Crippen molar-refractivity contribution in [2.45, 2.75) is 220 Å². The molecule has 0 fully saturated rings. The Labute approximate surface area is 256 Å². The van der Waals surface area contributed by atoms with Crippen LogP contribution in [-0.4, -0.2) is 24.1 Å². The molecule has 2 unspecified atom stereocenters. The quantitative estimate of drug-likeness (QED) is 0.0548. The van der Waals surface area contributed by atoms with E-state index in [1.54, 1.807) is 0 Å². The van der Waals surface area contributed by atoms with Crippen molar-refractivity contribution < 1.29 is 9.59 Å². The van der Waals surface area contributed by atoms with Crippen molar-refractivity contribution in [2.75, 3.05) is 0 Å². The van der Waals surface area contributed by atoms with E-state index in [1.165, 1.54) is 141 Å². The Hall–Kier alpha value is -1.10. The van der Waals surface area contributed by atoms with Crippen LogP contribution < -0.4 is 16.0 Å². The number of nitrogens with one attached hydrogen (secondary N) is 3. The number of carbonyl (C=O) groups excluding carboxylic acids is 2. The predicted octanol–water partition coefficient (Wildman–Crippen LogP) is 10.5. The highest BCUT2D eigenvalue weighted by Crippen LogP contribution is 2.14. The number of unbranched alkanes of at least 4 members (excludes halogenated alkanes) is 24. The summed E-state index contributed by atoms with van der Waals surface area (Å²) in [5.74, 6) is 0.192. The molecule has 2 amide bonds. The van der Waals surface area contributed by atoms with Gasteiger partial charge in [-0.05, 0) is 26.7 Å². The fraction of sp³-hybridized carbons (Fsp3) is 0.944. The van der Waals surface area contributed by atoms with Gasteiger partial charge in [-0.1, -0.05) is 168 Å². The summed E-state index contributed by atoms with van der Waals surface area (Å²) in [6, 6.07) is 0. The van der Waals surface area contributed by atoms with Gasteiger partial charge in [-0.15, -0.1) is 0 Å². The van der Waals surface area contributed by atoms with Crippen LogP contribution in [0.2, 0.25) is 0 Å². The summed E-state index contributed by atoms with van der Waals surface area (Å²) in [5.41, 5.74) is 0. The monoisotopic (exact) mass is 580 g/mol. The van der Waals surface area contributed by atoms with Crippen molar-refractivity contribution in [3.63, 3.8) is 0 Å². The lowest BCUT2D eigenvalue weighted by Crippen LogP contribution is -2.52. The van der Waals surface area contributed by atoms with Gasteiger partial charge < -0.3 is 10.6 Å². The van der Waals surface area contributed by atoms with Gasteiger partial charge in [0.25, 0.3) is 0 Å². The third-order valence-corrected chi connectivity index (χ3v) is 8.27. The van der Waals surface area contributed by atoms with E-state index < -0.39 is 0 Å². The molecule has 5 heteroatoms. The van der Waals surface area contributed by atoms with E-state index in [2.05, 4.69) is 29.8 Å². The van der Waals surface area contributed by atoms with E-state index >= 15 is 0 Å². The lowest BCUT2D eigenvalue weighted by Gasteiger charge is -2.22. The first kappa shape index (κ1) is 39.9. The summed E-state index contributed by atoms with van der Waals surface area (Å²) >= 11 is 0. The smallest absolute Gasteiger partial charge is 0.221 e. The summed E-state index contributed by atoms with van der Waals surface area (Å²) in [6.45, 7) is 8.43. The van der Waals surface area contributed by atoms with Crippen LogP contribution in [0.5, 0.6) is 0 Å². The molecule has 244 valence electrons. The minimum absolute atomic E-state index is 0.0959. The highest BCUT2D eigenvalue weighted by Gasteiger charge is 2.12. The van der Waals surface area contributed by atoms with Gasteiger partial charge >= 0.3 is 0 Å². The Morgan fingerprint density at radius 3 is 0.854 bits per heavy atom. The topological polar surface area (TPSA) is 70.2 Å². The first-order valence-corrected chi connectivity index (χ1v) is 18.3. The van der Waals surface area contributed by atoms with Gasteiger partial charge in [0.05, 0.1) is 12.3 Å². The Balaban J connectivity index is 3.53. The van der Waals surface area contributed by atoms with E-state index in [4.69, 9.17) is 0 Å². The number of carbonyl (C=O) groups is 2. The SMILES string of the molecule is CCCCCCCCCCCCCCCC(=O)NC(C)NC(C)NC(=O)CCCCCCCCCCCCCCC. The molecule has 0 saturated carbocycles. The van der Waals surface area contributed by atoms with E-state index in [-0.39, 0.29) is 24.1 Å². The molecule has 0 aliphatic heterocycles. The normalized spacial score (nSPS) is 12.8. The Morgan fingerprint density at radius 2 is 0.610 bits per heavy atom. The summed E-state index contributed by atoms with van der Waals surface area (Å²) in [5, 5.41) is 9.32. The van der Waals surface area contributed by atoms with Crippen molar-refractivity contribution in [2.24, 2.45) is 0 Å². The standard InChI is InChI=1S/C36H73N3O2/c1-5-7-9-11-13-15-17-19-21-23-25-27-29-31-35(40)38-33(3)37-34(4)39-36(41)32-30-28-26-24-22-20-18-16-14-12-10-8-6-2/h33-34,37H,5-32H2,1-4H3,(H,38,40)(H,39,41). The van der Waals surface area contributed by atoms with Crippen LogP contribution in [0.15, 0.2) is 0 Å². The number of hydrogen-bond acceptors (Lipinski definition) is 3. The maximum Gasteiger partial charge on any atom is 0.221 e. The van der Waals surface area contributed by atoms with Crippen LogP contribution >= 0.6 is 0 Å². The number of rotatable bonds is 32. The second kappa shape index (κ2) is 31.8. The molecule has 0 spiro atoms. The average molecular weight is 580 g/mol. The molecule has 0 aromatic carbocycles. The molecule has 0 radical (unpaired) electrons. The van der Waals surface area contributed by atoms with E-state index in [0.29, 0.717) is 12.8 Å². The Bertz CT molecular complexity index is 521. The molecule has 0 bridgehead atoms. The molecule has 0 rings (SSSR count). The number of amides is 2. The van der Waals surface area contributed by atoms with Gasteiger partial charge in [-0.3, -0.25) is 14.9 Å². The minimum atomic E-state index is -0.156. The molecule has 41 heavy (non-hydrogen) atoms. The lowest BCUT2D eigenvalue weighted by molar-refractivity contribution is -0.122. The van der Waals surface area contributed by atoms with Crippen molar-refractivity contribution in [1.82, 2.24) is 16.0 Å². The van der Waals surface area contributed by atoms with Crippen LogP contribution in [-0.2, 0) is 9.59 Å². The van der Waals surface area contributed by atoms with Crippen molar-refractivity contribution in [3.05, 3.63) is 0 Å². The summed E-state index contributed by atoms with van der Waals surface area (Å²) < 4.78 is 0. The molecule has 0 aliphatic carbocycles. The van der Waals surface area contributed by atoms with Crippen LogP contribution in [0.4, 0.5) is 0 Å². The molecule has 3 N–H and O–H groups in total. The van der Waals surface area contributed by atoms with Crippen LogP contribution in [0.25, 0.3) is 0 Å². The molecule has 0 saturated heterocycles. The van der Waals surface area contributed by atoms with Crippen LogP contribution in [0, 0.1) is 0 Å². The fourth-order valence-electron chi connectivity index (χ4n) is 5.69. The largest absolute Gasteiger partial charge is 0.341 e. The first-order chi connectivity index (χ1) is 20.0. The van der Waals surface area contributed by atoms with E-state index in [0.717, 1.165) is 25.7 Å². The van der Waals surface area contributed by atoms with Gasteiger partial charge in [0.2, 0.25) is 11.8 Å². The summed E-state index contributed by atoms with van der Waals surface area (Å²) in [7, 11) is 0. The van der Waals surface area contributed by atoms with Gasteiger partial charge in [-0.2, -0.15) is 0 Å². The molecule has 0 heterocycles. The molecule has 0 aliphatic rings. The zero-order valence-electron chi connectivity index (χ0n) is 28.3. The highest BCUT2D eigenvalue weighted by atomic mass is 16.2. The van der Waals surface area contributed by atoms with Crippen LogP contribution in [0.3, 0.4) is 0 Å². The van der Waals surface area contributed by atoms with Crippen molar-refractivity contribution in [1.29, 1.82) is 0 Å². The Morgan fingerprint density at radius 1 is 0.390 bits per heavy atom. The molecular weight excluding hydrogens is 506 g/mol. The maximum absolute atomic E-state index is 12.3. The predicted molar refractivity (Wildman–Crippen MR) is 179 cm³/mol. The first-order valence-electron chi connectivity index (χ1n) is 18.3. The fourth-order valence-corrected chi connectivity index (χ4v) is 5.69. The summed E-state index contributed by atoms with van der Waals surface area (Å²) in [6.07, 6.45) is 35.0. The van der Waals surface area contributed by atoms with Crippen LogP contribution in [0.1, 0.15) is 207 Å². The highest BCUT2D eigenvalue weighted by molar-refractivity contribution is 5.76. The third kappa shape index (κ3) is 31.7. The zero-order chi connectivity index (χ0) is 30.2. The second-order valence-electron chi connectivity index (χ2n) is 12.7. The minimum Gasteiger partial charge on any atom is -0.341 e. The van der Waals surface area contributed by atoms with E-state index in [1.807, 2.05) is 13.8 Å². The molecule has 0 aromatic rings. The molecule has 2 atom stereocenters. The van der Waals surface area contributed by atoms with Gasteiger partial charge in [0.1, 0.15) is 0 Å². The molecular formula is C36H73N3O2. The van der Waals surface area contributed by atoms with Gasteiger partial charge in [0.15, 0.2) is 0 Å². The Kier molecular flexibility index (Phi) is 31.0. The summed E-state index contributed by atoms with van der Waals surface area (Å²) in [4.78, 5) is 24.5. The lowest BCUT2D eigenvalue weighted by atomic mass is 10.0. The number of hydrogen-bond donors (Lipinski definition) is 3. The second-order valence-corrected chi connectivity index (χ2v) is 12.7. The molecule has 5 nitrogen and oxygen atoms in total. The van der Waals surface area contributed by atoms with E-state index in [9.17, 15) is 9.59 Å². The molecule has 0 aromatic heterocycles. The van der Waals surface area contributed by atoms with Crippen molar-refractivity contribution >= 4 is 11.8 Å². The zero-order valence-corrected chi connectivity index (χ0v) is 28.3. The average Bonchev–Trinajstić information content (AvgIpc) is 2.93. The maximum atomic E-state index is 12.3. The van der Waals surface area contributed by atoms with Crippen molar-refractivity contribution in [3.8, 4) is 0 Å².